The van der Waals surface area contributed by atoms with Crippen molar-refractivity contribution in [2.45, 2.75) is 38.9 Å². The van der Waals surface area contributed by atoms with E-state index < -0.39 is 24.2 Å². The van der Waals surface area contributed by atoms with Crippen LogP contribution in [0.4, 0.5) is 10.5 Å². The fourth-order valence-electron chi connectivity index (χ4n) is 3.20. The molecule has 0 fully saturated rings. The zero-order chi connectivity index (χ0) is 24.8. The summed E-state index contributed by atoms with van der Waals surface area (Å²) in [5, 5.41) is 20.3. The molecule has 2 aromatic rings. The number of aliphatic hydroxyl groups excluding tert-OH is 1. The van der Waals surface area contributed by atoms with E-state index >= 15 is 0 Å². The van der Waals surface area contributed by atoms with Gasteiger partial charge in [-0.15, -0.1) is 0 Å². The van der Waals surface area contributed by atoms with Gasteiger partial charge in [0.05, 0.1) is 12.7 Å². The number of amides is 2. The van der Waals surface area contributed by atoms with Gasteiger partial charge in [-0.1, -0.05) is 35.9 Å². The predicted octanol–water partition coefficient (Wildman–Crippen LogP) is 3.90. The number of benzene rings is 2. The van der Waals surface area contributed by atoms with Crippen LogP contribution < -0.4 is 15.5 Å². The summed E-state index contributed by atoms with van der Waals surface area (Å²) in [6, 6.07) is 14.4. The molecule has 9 nitrogen and oxygen atoms in total. The lowest BCUT2D eigenvalue weighted by atomic mass is 10.00. The first-order valence-corrected chi connectivity index (χ1v) is 11.1. The van der Waals surface area contributed by atoms with Crippen LogP contribution in [0.5, 0.6) is 5.75 Å². The molecule has 0 aliphatic heterocycles. The third-order valence-corrected chi connectivity index (χ3v) is 4.82. The Morgan fingerprint density at radius 2 is 1.79 bits per heavy atom. The molecular weight excluding hydrogens is 440 g/mol. The van der Waals surface area contributed by atoms with Crippen LogP contribution in [-0.2, 0) is 14.3 Å². The Morgan fingerprint density at radius 3 is 2.41 bits per heavy atom. The molecule has 9 heteroatoms. The molecule has 0 saturated carbocycles. The highest BCUT2D eigenvalue weighted by Crippen LogP contribution is 2.29. The van der Waals surface area contributed by atoms with E-state index in [4.69, 9.17) is 24.5 Å². The number of allylic oxidation sites excluding steroid dienone is 1. The molecule has 0 unspecified atom stereocenters. The van der Waals surface area contributed by atoms with Crippen molar-refractivity contribution in [1.82, 2.24) is 5.48 Å². The Labute approximate surface area is 199 Å². The highest BCUT2D eigenvalue weighted by Gasteiger charge is 2.27. The minimum atomic E-state index is -0.739. The van der Waals surface area contributed by atoms with Crippen LogP contribution in [0.3, 0.4) is 0 Å². The Hall–Kier alpha value is -3.40. The van der Waals surface area contributed by atoms with Gasteiger partial charge in [-0.05, 0) is 56.5 Å². The van der Waals surface area contributed by atoms with Crippen molar-refractivity contribution in [2.75, 3.05) is 25.1 Å². The van der Waals surface area contributed by atoms with Gasteiger partial charge in [-0.3, -0.25) is 15.3 Å². The maximum Gasteiger partial charge on any atom is 0.412 e. The normalized spacial score (nSPS) is 12.7. The average Bonchev–Trinajstić information content (AvgIpc) is 2.85. The van der Waals surface area contributed by atoms with Crippen LogP contribution in [-0.4, -0.2) is 48.2 Å². The molecule has 0 bridgehead atoms. The Kier molecular flexibility index (Phi) is 11.6. The van der Waals surface area contributed by atoms with E-state index in [0.717, 1.165) is 5.56 Å². The molecule has 0 radical (unpaired) electrons. The van der Waals surface area contributed by atoms with Crippen LogP contribution in [0.25, 0.3) is 0 Å². The van der Waals surface area contributed by atoms with Gasteiger partial charge in [0.2, 0.25) is 0 Å². The number of aryl methyl sites for hydroxylation is 1. The number of nitrogens with one attached hydrogen (secondary N) is 2. The van der Waals surface area contributed by atoms with Crippen LogP contribution in [0.2, 0.25) is 0 Å². The average molecular weight is 473 g/mol. The second kappa shape index (κ2) is 14.7. The highest BCUT2D eigenvalue weighted by atomic mass is 16.6. The van der Waals surface area contributed by atoms with Crippen LogP contribution in [0, 0.1) is 6.92 Å². The molecular formula is C25H32N2O7. The summed E-state index contributed by atoms with van der Waals surface area (Å²) in [5.41, 5.74) is 3.91. The van der Waals surface area contributed by atoms with Crippen molar-refractivity contribution in [2.24, 2.45) is 0 Å². The maximum atomic E-state index is 12.7. The van der Waals surface area contributed by atoms with E-state index in [-0.39, 0.29) is 13.2 Å². The van der Waals surface area contributed by atoms with Crippen LogP contribution >= 0.6 is 0 Å². The Balaban J connectivity index is 2.20. The maximum absolute atomic E-state index is 12.7. The number of hydroxylamine groups is 1. The summed E-state index contributed by atoms with van der Waals surface area (Å²) in [5.74, 6) is -0.0525. The zero-order valence-electron chi connectivity index (χ0n) is 19.4. The van der Waals surface area contributed by atoms with E-state index in [0.29, 0.717) is 36.4 Å². The number of anilines is 1. The van der Waals surface area contributed by atoms with Crippen molar-refractivity contribution >= 4 is 17.7 Å². The van der Waals surface area contributed by atoms with E-state index in [1.807, 2.05) is 26.0 Å². The topological polar surface area (TPSA) is 126 Å². The van der Waals surface area contributed by atoms with Gasteiger partial charge in [-0.25, -0.2) is 10.3 Å². The highest BCUT2D eigenvalue weighted by molar-refractivity contribution is 5.86. The summed E-state index contributed by atoms with van der Waals surface area (Å²) in [7, 11) is 0. The molecule has 0 aromatic heterocycles. The third kappa shape index (κ3) is 9.22. The second-order valence-electron chi connectivity index (χ2n) is 7.41. The smallest absolute Gasteiger partial charge is 0.412 e. The quantitative estimate of drug-likeness (QED) is 0.198. The molecule has 2 atom stereocenters. The predicted molar refractivity (Wildman–Crippen MR) is 127 cm³/mol. The SMILES string of the molecule is CCO[C@@H](CC/C=C/C(=O)NO)[C@@H](OC(=O)Nc1ccc(C)cc1)c1ccc(OCCO)cc1. The summed E-state index contributed by atoms with van der Waals surface area (Å²) >= 11 is 0. The van der Waals surface area contributed by atoms with Gasteiger partial charge in [0.15, 0.2) is 6.10 Å². The first kappa shape index (κ1) is 26.8. The molecule has 2 amide bonds. The van der Waals surface area contributed by atoms with Gasteiger partial charge in [0.1, 0.15) is 12.4 Å². The number of rotatable bonds is 13. The van der Waals surface area contributed by atoms with E-state index in [1.54, 1.807) is 42.5 Å². The van der Waals surface area contributed by atoms with Crippen molar-refractivity contribution < 1.29 is 34.1 Å². The summed E-state index contributed by atoms with van der Waals surface area (Å²) in [6.07, 6.45) is 1.86. The summed E-state index contributed by atoms with van der Waals surface area (Å²) in [6.45, 7) is 4.27. The number of carbonyl (C=O) groups is 2. The molecule has 2 aromatic carbocycles. The molecule has 2 rings (SSSR count). The van der Waals surface area contributed by atoms with Crippen molar-refractivity contribution in [3.63, 3.8) is 0 Å². The first-order chi connectivity index (χ1) is 16.5. The number of aliphatic hydroxyl groups is 1. The summed E-state index contributed by atoms with van der Waals surface area (Å²) < 4.78 is 17.1. The lowest BCUT2D eigenvalue weighted by molar-refractivity contribution is -0.124. The molecule has 0 aliphatic rings. The third-order valence-electron chi connectivity index (χ3n) is 4.82. The molecule has 0 aliphatic carbocycles. The Morgan fingerprint density at radius 1 is 1.09 bits per heavy atom. The van der Waals surface area contributed by atoms with E-state index in [2.05, 4.69) is 5.32 Å². The lowest BCUT2D eigenvalue weighted by Gasteiger charge is -2.27. The zero-order valence-corrected chi connectivity index (χ0v) is 19.4. The number of carbonyl (C=O) groups excluding carboxylic acids is 2. The molecule has 0 saturated heterocycles. The van der Waals surface area contributed by atoms with Crippen LogP contribution in [0.1, 0.15) is 37.0 Å². The van der Waals surface area contributed by atoms with E-state index in [1.165, 1.54) is 11.6 Å². The lowest BCUT2D eigenvalue weighted by Crippen LogP contribution is -2.29. The Bertz CT molecular complexity index is 914. The minimum Gasteiger partial charge on any atom is -0.491 e. The monoisotopic (exact) mass is 472 g/mol. The largest absolute Gasteiger partial charge is 0.491 e. The van der Waals surface area contributed by atoms with Crippen molar-refractivity contribution in [3.05, 3.63) is 71.8 Å². The van der Waals surface area contributed by atoms with Gasteiger partial charge in [0, 0.05) is 18.4 Å². The number of hydrogen-bond donors (Lipinski definition) is 4. The summed E-state index contributed by atoms with van der Waals surface area (Å²) in [4.78, 5) is 23.9. The fraction of sp³-hybridized carbons (Fsp3) is 0.360. The van der Waals surface area contributed by atoms with Gasteiger partial charge < -0.3 is 19.3 Å². The molecule has 4 N–H and O–H groups in total. The van der Waals surface area contributed by atoms with Gasteiger partial charge >= 0.3 is 6.09 Å². The molecule has 34 heavy (non-hydrogen) atoms. The molecule has 0 heterocycles. The number of ether oxygens (including phenoxy) is 3. The van der Waals surface area contributed by atoms with Crippen molar-refractivity contribution in [1.29, 1.82) is 0 Å². The van der Waals surface area contributed by atoms with E-state index in [9.17, 15) is 9.59 Å². The molecule has 184 valence electrons. The minimum absolute atomic E-state index is 0.0963. The standard InChI is InChI=1S/C25H32N2O7/c1-3-32-22(6-4-5-7-23(29)27-31)24(19-10-14-21(15-11-19)33-17-16-28)34-25(30)26-20-12-8-18(2)9-13-20/h5,7-15,22,24,28,31H,3-4,6,16-17H2,1-2H3,(H,26,30)(H,27,29)/b7-5+/t22-,24-/m0/s1. The van der Waals surface area contributed by atoms with Gasteiger partial charge in [0.25, 0.3) is 5.91 Å². The van der Waals surface area contributed by atoms with Crippen LogP contribution in [0.15, 0.2) is 60.7 Å². The second-order valence-corrected chi connectivity index (χ2v) is 7.41. The number of hydrogen-bond acceptors (Lipinski definition) is 7. The van der Waals surface area contributed by atoms with Crippen molar-refractivity contribution in [3.8, 4) is 5.75 Å². The molecule has 0 spiro atoms. The first-order valence-electron chi connectivity index (χ1n) is 11.1. The fourth-order valence-corrected chi connectivity index (χ4v) is 3.20. The van der Waals surface area contributed by atoms with Gasteiger partial charge in [-0.2, -0.15) is 0 Å².